The summed E-state index contributed by atoms with van der Waals surface area (Å²) >= 11 is 0. The first kappa shape index (κ1) is 24.9. The molecule has 3 N–H and O–H groups in total. The lowest BCUT2D eigenvalue weighted by molar-refractivity contribution is 0.184. The third kappa shape index (κ3) is 6.07. The maximum Gasteiger partial charge on any atom is 0.404 e. The highest BCUT2D eigenvalue weighted by Gasteiger charge is 2.32. The number of carboxylic acid groups (broad SMARTS) is 1. The zero-order valence-corrected chi connectivity index (χ0v) is 20.3. The summed E-state index contributed by atoms with van der Waals surface area (Å²) in [7, 11) is 1.51. The molecule has 0 saturated heterocycles. The average Bonchev–Trinajstić information content (AvgIpc) is 2.90. The van der Waals surface area contributed by atoms with E-state index in [-0.39, 0.29) is 30.2 Å². The number of ether oxygens (including phenoxy) is 1. The number of benzene rings is 1. The van der Waals surface area contributed by atoms with Gasteiger partial charge in [-0.1, -0.05) is 30.3 Å². The van der Waals surface area contributed by atoms with Crippen LogP contribution in [0.25, 0.3) is 11.1 Å². The summed E-state index contributed by atoms with van der Waals surface area (Å²) in [5.41, 5.74) is 2.60. The summed E-state index contributed by atoms with van der Waals surface area (Å²) in [6, 6.07) is 13.1. The minimum atomic E-state index is -1.02. The molecule has 36 heavy (non-hydrogen) atoms. The van der Waals surface area contributed by atoms with Gasteiger partial charge in [0.25, 0.3) is 0 Å². The second-order valence-electron chi connectivity index (χ2n) is 8.77. The Hall–Kier alpha value is -4.21. The fourth-order valence-corrected chi connectivity index (χ4v) is 4.46. The van der Waals surface area contributed by atoms with Crippen LogP contribution in [0.4, 0.5) is 15.4 Å². The summed E-state index contributed by atoms with van der Waals surface area (Å²) in [6.07, 6.45) is 6.61. The van der Waals surface area contributed by atoms with Crippen LogP contribution in [0.5, 0.6) is 6.01 Å². The van der Waals surface area contributed by atoms with E-state index in [9.17, 15) is 9.59 Å². The number of carbonyl (C=O) groups is 2. The molecule has 0 spiro atoms. The number of anilines is 1. The summed E-state index contributed by atoms with van der Waals surface area (Å²) in [5.74, 6) is 0.528. The van der Waals surface area contributed by atoms with Crippen LogP contribution in [0, 0.1) is 0 Å². The lowest BCUT2D eigenvalue weighted by Gasteiger charge is -2.36. The summed E-state index contributed by atoms with van der Waals surface area (Å²) in [5, 5.41) is 14.7. The van der Waals surface area contributed by atoms with Gasteiger partial charge in [0.05, 0.1) is 13.2 Å². The van der Waals surface area contributed by atoms with Crippen molar-refractivity contribution in [2.75, 3.05) is 12.0 Å². The molecule has 10 nitrogen and oxygen atoms in total. The number of hydrogen-bond acceptors (Lipinski definition) is 6. The second kappa shape index (κ2) is 11.5. The highest BCUT2D eigenvalue weighted by atomic mass is 16.5. The predicted molar refractivity (Wildman–Crippen MR) is 135 cm³/mol. The molecule has 1 fully saturated rings. The third-order valence-corrected chi connectivity index (χ3v) is 6.39. The molecule has 1 saturated carbocycles. The highest BCUT2D eigenvalue weighted by molar-refractivity contribution is 5.92. The quantitative estimate of drug-likeness (QED) is 0.447. The fraction of sp³-hybridized carbons (Fsp3) is 0.346. The lowest BCUT2D eigenvalue weighted by Crippen LogP contribution is -2.50. The van der Waals surface area contributed by atoms with Gasteiger partial charge >= 0.3 is 18.1 Å². The number of amides is 3. The first-order chi connectivity index (χ1) is 17.4. The van der Waals surface area contributed by atoms with Crippen LogP contribution in [0.15, 0.2) is 61.1 Å². The van der Waals surface area contributed by atoms with Crippen LogP contribution < -0.4 is 20.3 Å². The molecule has 0 aliphatic heterocycles. The van der Waals surface area contributed by atoms with Crippen molar-refractivity contribution >= 4 is 17.9 Å². The topological polar surface area (TPSA) is 130 Å². The van der Waals surface area contributed by atoms with E-state index in [2.05, 4.69) is 25.6 Å². The van der Waals surface area contributed by atoms with Crippen LogP contribution in [-0.4, -0.2) is 51.4 Å². The number of nitrogens with zero attached hydrogens (tertiary/aromatic N) is 4. The van der Waals surface area contributed by atoms with Crippen molar-refractivity contribution in [1.82, 2.24) is 25.6 Å². The molecule has 2 aromatic heterocycles. The molecular weight excluding hydrogens is 460 g/mol. The van der Waals surface area contributed by atoms with E-state index in [0.29, 0.717) is 31.5 Å². The van der Waals surface area contributed by atoms with E-state index in [1.807, 2.05) is 49.4 Å². The molecule has 1 aliphatic rings. The van der Waals surface area contributed by atoms with Gasteiger partial charge in [0, 0.05) is 41.8 Å². The van der Waals surface area contributed by atoms with Gasteiger partial charge in [-0.2, -0.15) is 0 Å². The van der Waals surface area contributed by atoms with E-state index in [1.165, 1.54) is 7.11 Å². The maximum atomic E-state index is 13.5. The van der Waals surface area contributed by atoms with Crippen molar-refractivity contribution in [3.8, 4) is 17.1 Å². The smallest absolute Gasteiger partial charge is 0.404 e. The van der Waals surface area contributed by atoms with Crippen LogP contribution in [0.2, 0.25) is 0 Å². The molecule has 1 unspecified atom stereocenters. The van der Waals surface area contributed by atoms with Crippen molar-refractivity contribution in [1.29, 1.82) is 0 Å². The first-order valence-corrected chi connectivity index (χ1v) is 11.9. The Morgan fingerprint density at radius 2 is 1.64 bits per heavy atom. The number of aromatic nitrogens is 3. The molecule has 3 amide bonds. The fourth-order valence-electron chi connectivity index (χ4n) is 4.46. The van der Waals surface area contributed by atoms with Crippen molar-refractivity contribution in [2.45, 2.75) is 50.7 Å². The Bertz CT molecular complexity index is 1150. The largest absolute Gasteiger partial charge is 0.467 e. The number of methoxy groups -OCH3 is 1. The van der Waals surface area contributed by atoms with Crippen molar-refractivity contribution in [2.24, 2.45) is 0 Å². The Morgan fingerprint density at radius 3 is 2.22 bits per heavy atom. The molecular formula is C26H30N6O4. The molecule has 3 aromatic rings. The molecule has 1 atom stereocenters. The number of hydrogen-bond donors (Lipinski definition) is 3. The monoisotopic (exact) mass is 490 g/mol. The Kier molecular flexibility index (Phi) is 7.94. The number of rotatable bonds is 7. The first-order valence-electron chi connectivity index (χ1n) is 11.9. The van der Waals surface area contributed by atoms with E-state index in [0.717, 1.165) is 16.7 Å². The van der Waals surface area contributed by atoms with Gasteiger partial charge in [-0.15, -0.1) is 0 Å². The summed E-state index contributed by atoms with van der Waals surface area (Å²) in [4.78, 5) is 39.2. The minimum absolute atomic E-state index is 0.109. The molecule has 10 heteroatoms. The number of pyridine rings is 1. The van der Waals surface area contributed by atoms with Gasteiger partial charge in [-0.05, 0) is 50.3 Å². The second-order valence-corrected chi connectivity index (χ2v) is 8.77. The highest BCUT2D eigenvalue weighted by Crippen LogP contribution is 2.29. The molecule has 2 heterocycles. The third-order valence-electron chi connectivity index (χ3n) is 6.39. The average molecular weight is 491 g/mol. The van der Waals surface area contributed by atoms with Crippen LogP contribution in [0.1, 0.15) is 44.2 Å². The van der Waals surface area contributed by atoms with Crippen molar-refractivity contribution < 1.29 is 19.4 Å². The molecule has 0 bridgehead atoms. The Labute approximate surface area is 209 Å². The molecule has 1 aromatic carbocycles. The number of urea groups is 1. The SMILES string of the molecule is COc1ncc(-c2ccc(N(C(=O)NC(C)c3ccccc3)C3CCC(NC(=O)O)CC3)nc2)cn1. The van der Waals surface area contributed by atoms with Crippen LogP contribution in [0.3, 0.4) is 0 Å². The Balaban J connectivity index is 1.55. The van der Waals surface area contributed by atoms with E-state index >= 15 is 0 Å². The maximum absolute atomic E-state index is 13.5. The summed E-state index contributed by atoms with van der Waals surface area (Å²) < 4.78 is 5.02. The standard InChI is InChI=1S/C26H30N6O4/c1-17(18-6-4-3-5-7-18)30-25(33)32(22-11-9-21(10-12-22)31-26(34)35)23-13-8-19(14-27-23)20-15-28-24(36-2)29-16-20/h3-8,13-17,21-22,31H,9-12H2,1-2H3,(H,30,33)(H,34,35). The molecule has 0 radical (unpaired) electrons. The van der Waals surface area contributed by atoms with Crippen LogP contribution >= 0.6 is 0 Å². The normalized spacial score (nSPS) is 18.1. The van der Waals surface area contributed by atoms with Gasteiger partial charge in [0.15, 0.2) is 0 Å². The van der Waals surface area contributed by atoms with Crippen molar-refractivity contribution in [3.05, 3.63) is 66.6 Å². The van der Waals surface area contributed by atoms with Crippen molar-refractivity contribution in [3.63, 3.8) is 0 Å². The molecule has 188 valence electrons. The van der Waals surface area contributed by atoms with E-state index in [4.69, 9.17) is 9.84 Å². The van der Waals surface area contributed by atoms with Gasteiger partial charge in [-0.3, -0.25) is 4.90 Å². The zero-order chi connectivity index (χ0) is 25.5. The van der Waals surface area contributed by atoms with E-state index in [1.54, 1.807) is 23.5 Å². The summed E-state index contributed by atoms with van der Waals surface area (Å²) in [6.45, 7) is 1.94. The predicted octanol–water partition coefficient (Wildman–Crippen LogP) is 4.40. The minimum Gasteiger partial charge on any atom is -0.467 e. The van der Waals surface area contributed by atoms with Gasteiger partial charge in [0.1, 0.15) is 5.82 Å². The van der Waals surface area contributed by atoms with Gasteiger partial charge in [0.2, 0.25) is 0 Å². The molecule has 4 rings (SSSR count). The number of nitrogens with one attached hydrogen (secondary N) is 2. The van der Waals surface area contributed by atoms with Crippen LogP contribution in [-0.2, 0) is 0 Å². The zero-order valence-electron chi connectivity index (χ0n) is 20.3. The molecule has 1 aliphatic carbocycles. The van der Waals surface area contributed by atoms with Gasteiger partial charge < -0.3 is 20.5 Å². The van der Waals surface area contributed by atoms with E-state index < -0.39 is 6.09 Å². The number of carbonyl (C=O) groups excluding carboxylic acids is 1. The lowest BCUT2D eigenvalue weighted by atomic mass is 9.90. The van der Waals surface area contributed by atoms with Gasteiger partial charge in [-0.25, -0.2) is 24.5 Å². The Morgan fingerprint density at radius 1 is 0.972 bits per heavy atom.